The number of nitrogens with zero attached hydrogens (tertiary/aromatic N) is 1. The average Bonchev–Trinajstić information content (AvgIpc) is 2.33. The first-order valence-corrected chi connectivity index (χ1v) is 5.26. The molecule has 0 aromatic carbocycles. The first-order chi connectivity index (χ1) is 6.01. The van der Waals surface area contributed by atoms with Gasteiger partial charge in [-0.2, -0.15) is 0 Å². The molecule has 0 unspecified atom stereocenters. The van der Waals surface area contributed by atoms with Crippen molar-refractivity contribution in [2.45, 2.75) is 33.6 Å². The number of aldehydes is 1. The van der Waals surface area contributed by atoms with Gasteiger partial charge in [0.15, 0.2) is 0 Å². The number of aromatic nitrogens is 1. The smallest absolute Gasteiger partial charge is 0.125 e. The Morgan fingerprint density at radius 1 is 1.54 bits per heavy atom. The van der Waals surface area contributed by atoms with Crippen molar-refractivity contribution in [3.63, 3.8) is 0 Å². The number of carbonyl (C=O) groups is 1. The normalized spacial score (nSPS) is 11.6. The number of hydrogen-bond acceptors (Lipinski definition) is 3. The van der Waals surface area contributed by atoms with E-state index in [-0.39, 0.29) is 5.41 Å². The molecule has 0 bridgehead atoms. The molecule has 13 heavy (non-hydrogen) atoms. The lowest BCUT2D eigenvalue weighted by molar-refractivity contribution is -0.107. The number of hydrogen-bond donors (Lipinski definition) is 0. The van der Waals surface area contributed by atoms with E-state index in [0.29, 0.717) is 6.42 Å². The highest BCUT2D eigenvalue weighted by Crippen LogP contribution is 2.22. The molecule has 0 N–H and O–H groups in total. The summed E-state index contributed by atoms with van der Waals surface area (Å²) in [5.41, 5.74) is 1.18. The zero-order valence-corrected chi connectivity index (χ0v) is 9.15. The topological polar surface area (TPSA) is 30.0 Å². The molecule has 0 spiro atoms. The molecule has 2 nitrogen and oxygen atoms in total. The lowest BCUT2D eigenvalue weighted by atomic mass is 9.93. The summed E-state index contributed by atoms with van der Waals surface area (Å²) >= 11 is 1.65. The van der Waals surface area contributed by atoms with Gasteiger partial charge in [0.1, 0.15) is 6.29 Å². The highest BCUT2D eigenvalue weighted by molar-refractivity contribution is 7.09. The molecule has 1 rings (SSSR count). The molecule has 1 aromatic heterocycles. The molecule has 0 aliphatic carbocycles. The van der Waals surface area contributed by atoms with Crippen molar-refractivity contribution in [2.75, 3.05) is 0 Å². The van der Waals surface area contributed by atoms with E-state index in [1.54, 1.807) is 11.3 Å². The molecular formula is C10H15NOS. The predicted molar refractivity (Wildman–Crippen MR) is 55.0 cm³/mol. The second-order valence-corrected chi connectivity index (χ2v) is 5.28. The maximum absolute atomic E-state index is 10.2. The van der Waals surface area contributed by atoms with Crippen molar-refractivity contribution in [3.8, 4) is 0 Å². The van der Waals surface area contributed by atoms with Crippen LogP contribution in [0.5, 0.6) is 0 Å². The van der Waals surface area contributed by atoms with Crippen LogP contribution in [-0.2, 0) is 17.6 Å². The monoisotopic (exact) mass is 197 g/mol. The molecule has 0 saturated heterocycles. The van der Waals surface area contributed by atoms with Crippen LogP contribution in [0.4, 0.5) is 0 Å². The van der Waals surface area contributed by atoms with Crippen LogP contribution in [0.1, 0.15) is 31.5 Å². The van der Waals surface area contributed by atoms with Gasteiger partial charge in [-0.25, -0.2) is 4.98 Å². The summed E-state index contributed by atoms with van der Waals surface area (Å²) in [6, 6.07) is 0. The van der Waals surface area contributed by atoms with Gasteiger partial charge in [0.25, 0.3) is 0 Å². The Balaban J connectivity index is 2.63. The van der Waals surface area contributed by atoms with Gasteiger partial charge < -0.3 is 4.79 Å². The molecule has 1 aromatic rings. The highest BCUT2D eigenvalue weighted by Gasteiger charge is 2.13. The van der Waals surface area contributed by atoms with Gasteiger partial charge in [0.05, 0.1) is 10.7 Å². The van der Waals surface area contributed by atoms with Crippen molar-refractivity contribution in [1.29, 1.82) is 0 Å². The first kappa shape index (κ1) is 10.4. The van der Waals surface area contributed by atoms with Crippen molar-refractivity contribution in [2.24, 2.45) is 5.41 Å². The van der Waals surface area contributed by atoms with Crippen molar-refractivity contribution in [1.82, 2.24) is 4.98 Å². The average molecular weight is 197 g/mol. The van der Waals surface area contributed by atoms with Gasteiger partial charge >= 0.3 is 0 Å². The Bertz CT molecular complexity index is 285. The Morgan fingerprint density at radius 3 is 2.77 bits per heavy atom. The quantitative estimate of drug-likeness (QED) is 0.697. The minimum Gasteiger partial charge on any atom is -0.303 e. The molecule has 72 valence electrons. The lowest BCUT2D eigenvalue weighted by Crippen LogP contribution is -2.08. The molecule has 3 heteroatoms. The predicted octanol–water partition coefficient (Wildman–Crippen LogP) is 2.47. The van der Waals surface area contributed by atoms with E-state index in [1.165, 1.54) is 0 Å². The number of rotatable bonds is 3. The van der Waals surface area contributed by atoms with Gasteiger partial charge in [-0.15, -0.1) is 11.3 Å². The third-order valence-corrected chi connectivity index (χ3v) is 2.47. The van der Waals surface area contributed by atoms with E-state index in [9.17, 15) is 4.79 Å². The van der Waals surface area contributed by atoms with Crippen molar-refractivity contribution >= 4 is 17.6 Å². The fourth-order valence-electron chi connectivity index (χ4n) is 1.06. The van der Waals surface area contributed by atoms with E-state index < -0.39 is 0 Å². The third-order valence-electron chi connectivity index (χ3n) is 1.57. The van der Waals surface area contributed by atoms with Crippen molar-refractivity contribution in [3.05, 3.63) is 16.1 Å². The summed E-state index contributed by atoms with van der Waals surface area (Å²) in [5.74, 6) is 0. The van der Waals surface area contributed by atoms with Gasteiger partial charge in [-0.3, -0.25) is 0 Å². The summed E-state index contributed by atoms with van der Waals surface area (Å²) in [6.45, 7) is 6.56. The Morgan fingerprint density at radius 2 is 2.23 bits per heavy atom. The molecule has 0 fully saturated rings. The van der Waals surface area contributed by atoms with Crippen LogP contribution in [-0.4, -0.2) is 11.3 Å². The largest absolute Gasteiger partial charge is 0.303 e. The maximum atomic E-state index is 10.2. The van der Waals surface area contributed by atoms with Gasteiger partial charge in [0, 0.05) is 18.2 Å². The standard InChI is InChI=1S/C10H15NOS/c1-10(2,3)6-9-11-8(4-5-12)7-13-9/h5,7H,4,6H2,1-3H3. The van der Waals surface area contributed by atoms with Gasteiger partial charge in [-0.05, 0) is 5.41 Å². The van der Waals surface area contributed by atoms with Crippen LogP contribution in [0.3, 0.4) is 0 Å². The van der Waals surface area contributed by atoms with Crippen LogP contribution in [0.15, 0.2) is 5.38 Å². The van der Waals surface area contributed by atoms with E-state index in [0.717, 1.165) is 23.4 Å². The molecule has 0 atom stereocenters. The zero-order valence-electron chi connectivity index (χ0n) is 8.33. The summed E-state index contributed by atoms with van der Waals surface area (Å²) < 4.78 is 0. The molecule has 0 aliphatic heterocycles. The molecule has 0 saturated carbocycles. The minimum absolute atomic E-state index is 0.274. The van der Waals surface area contributed by atoms with E-state index >= 15 is 0 Å². The first-order valence-electron chi connectivity index (χ1n) is 4.38. The SMILES string of the molecule is CC(C)(C)Cc1nc(CC=O)cs1. The molecular weight excluding hydrogens is 182 g/mol. The van der Waals surface area contributed by atoms with E-state index in [4.69, 9.17) is 0 Å². The molecule has 0 radical (unpaired) electrons. The van der Waals surface area contributed by atoms with Gasteiger partial charge in [-0.1, -0.05) is 20.8 Å². The second kappa shape index (κ2) is 4.01. The summed E-state index contributed by atoms with van der Waals surface area (Å²) in [4.78, 5) is 14.6. The molecule has 1 heterocycles. The van der Waals surface area contributed by atoms with Crippen LogP contribution < -0.4 is 0 Å². The van der Waals surface area contributed by atoms with Crippen LogP contribution in [0, 0.1) is 5.41 Å². The van der Waals surface area contributed by atoms with Crippen LogP contribution in [0.25, 0.3) is 0 Å². The second-order valence-electron chi connectivity index (χ2n) is 4.34. The summed E-state index contributed by atoms with van der Waals surface area (Å²) in [6.07, 6.45) is 2.33. The van der Waals surface area contributed by atoms with Crippen LogP contribution in [0.2, 0.25) is 0 Å². The third kappa shape index (κ3) is 3.68. The lowest BCUT2D eigenvalue weighted by Gasteiger charge is -2.15. The molecule has 0 aliphatic rings. The van der Waals surface area contributed by atoms with E-state index in [1.807, 2.05) is 5.38 Å². The Labute approximate surface area is 83.0 Å². The minimum atomic E-state index is 0.274. The Hall–Kier alpha value is -0.700. The Kier molecular flexibility index (Phi) is 3.20. The fourth-order valence-corrected chi connectivity index (χ4v) is 2.17. The maximum Gasteiger partial charge on any atom is 0.125 e. The fraction of sp³-hybridized carbons (Fsp3) is 0.600. The molecule has 0 amide bonds. The van der Waals surface area contributed by atoms with Gasteiger partial charge in [0.2, 0.25) is 0 Å². The zero-order chi connectivity index (χ0) is 9.90. The van der Waals surface area contributed by atoms with Crippen molar-refractivity contribution < 1.29 is 4.79 Å². The highest BCUT2D eigenvalue weighted by atomic mass is 32.1. The van der Waals surface area contributed by atoms with E-state index in [2.05, 4.69) is 25.8 Å². The number of thiazole rings is 1. The van der Waals surface area contributed by atoms with Crippen LogP contribution >= 0.6 is 11.3 Å². The summed E-state index contributed by atoms with van der Waals surface area (Å²) in [5, 5.41) is 3.10. The number of carbonyl (C=O) groups excluding carboxylic acids is 1. The summed E-state index contributed by atoms with van der Waals surface area (Å²) in [7, 11) is 0.